The van der Waals surface area contributed by atoms with Crippen LogP contribution in [0, 0.1) is 5.41 Å². The summed E-state index contributed by atoms with van der Waals surface area (Å²) in [6.07, 6.45) is 9.65. The second-order valence-electron chi connectivity index (χ2n) is 7.40. The second kappa shape index (κ2) is 9.05. The highest BCUT2D eigenvalue weighted by atomic mass is 16.5. The number of aliphatic imine (C=N–C) groups is 2. The number of nitrogens with zero attached hydrogens (tertiary/aromatic N) is 5. The summed E-state index contributed by atoms with van der Waals surface area (Å²) in [6, 6.07) is -0.100. The second-order valence-corrected chi connectivity index (χ2v) is 7.40. The highest BCUT2D eigenvalue weighted by Crippen LogP contribution is 2.40. The van der Waals surface area contributed by atoms with Crippen LogP contribution < -0.4 is 5.32 Å². The first kappa shape index (κ1) is 20.1. The molecule has 1 atom stereocenters. The van der Waals surface area contributed by atoms with Crippen molar-refractivity contribution in [2.24, 2.45) is 15.4 Å². The van der Waals surface area contributed by atoms with Gasteiger partial charge in [0.1, 0.15) is 0 Å². The molecule has 0 aliphatic carbocycles. The minimum atomic E-state index is -0.100. The van der Waals surface area contributed by atoms with E-state index in [9.17, 15) is 4.79 Å². The van der Waals surface area contributed by atoms with Gasteiger partial charge in [-0.2, -0.15) is 0 Å². The fourth-order valence-electron chi connectivity index (χ4n) is 3.83. The van der Waals surface area contributed by atoms with Gasteiger partial charge in [-0.1, -0.05) is 0 Å². The van der Waals surface area contributed by atoms with Crippen LogP contribution in [0.15, 0.2) is 34.7 Å². The highest BCUT2D eigenvalue weighted by Gasteiger charge is 2.41. The Morgan fingerprint density at radius 1 is 1.36 bits per heavy atom. The highest BCUT2D eigenvalue weighted by molar-refractivity contribution is 6.00. The van der Waals surface area contributed by atoms with Crippen molar-refractivity contribution in [1.82, 2.24) is 14.9 Å². The minimum absolute atomic E-state index is 0.00114. The summed E-state index contributed by atoms with van der Waals surface area (Å²) in [5.74, 6) is 0.450. The van der Waals surface area contributed by atoms with Crippen LogP contribution in [0.5, 0.6) is 0 Å². The summed E-state index contributed by atoms with van der Waals surface area (Å²) in [5, 5.41) is 3.18. The number of nitrogens with one attached hydrogen (secondary N) is 1. The van der Waals surface area contributed by atoms with Crippen LogP contribution in [-0.4, -0.2) is 72.6 Å². The number of anilines is 1. The summed E-state index contributed by atoms with van der Waals surface area (Å²) in [4.78, 5) is 31.3. The molecule has 0 unspecified atom stereocenters. The molecule has 1 aromatic heterocycles. The molecule has 3 rings (SSSR count). The molecule has 8 nitrogen and oxygen atoms in total. The van der Waals surface area contributed by atoms with E-state index in [1.165, 1.54) is 0 Å². The van der Waals surface area contributed by atoms with Gasteiger partial charge in [0.2, 0.25) is 5.95 Å². The lowest BCUT2D eigenvalue weighted by molar-refractivity contribution is 0.0191. The number of hydrogen-bond acceptors (Lipinski definition) is 7. The van der Waals surface area contributed by atoms with Crippen LogP contribution in [-0.2, 0) is 4.74 Å². The summed E-state index contributed by atoms with van der Waals surface area (Å²) in [5.41, 5.74) is 1.55. The van der Waals surface area contributed by atoms with Crippen LogP contribution in [0.3, 0.4) is 0 Å². The van der Waals surface area contributed by atoms with Gasteiger partial charge < -0.3 is 15.0 Å². The Morgan fingerprint density at radius 3 is 2.71 bits per heavy atom. The number of ether oxygens (including phenoxy) is 1. The Labute approximate surface area is 165 Å². The standard InChI is InChI=1S/C20H28N6O2/c1-15(17(22-3)4-8-21-2)25-19-23-12-16(13-24-19)18(27)26-9-5-20(14-26)6-10-28-11-7-20/h4,8,12-13,15H,2,5-7,9-11,14H2,1,3H3,(H,23,24,25)/b8-4-,22-17?/t15-/m1/s1. The molecule has 1 amide bonds. The maximum Gasteiger partial charge on any atom is 0.257 e. The van der Waals surface area contributed by atoms with E-state index in [0.29, 0.717) is 11.5 Å². The van der Waals surface area contributed by atoms with Gasteiger partial charge in [0, 0.05) is 51.9 Å². The van der Waals surface area contributed by atoms with E-state index in [0.717, 1.165) is 51.3 Å². The number of rotatable bonds is 6. The van der Waals surface area contributed by atoms with Gasteiger partial charge in [0.05, 0.1) is 17.3 Å². The normalized spacial score (nSPS) is 20.5. The van der Waals surface area contributed by atoms with Crippen molar-refractivity contribution in [3.8, 4) is 0 Å². The molecular weight excluding hydrogens is 356 g/mol. The van der Waals surface area contributed by atoms with Gasteiger partial charge in [0.15, 0.2) is 0 Å². The molecule has 150 valence electrons. The van der Waals surface area contributed by atoms with Crippen molar-refractivity contribution >= 4 is 24.3 Å². The Balaban J connectivity index is 1.60. The molecule has 0 bridgehead atoms. The molecule has 1 aromatic rings. The third kappa shape index (κ3) is 4.62. The van der Waals surface area contributed by atoms with Crippen molar-refractivity contribution in [1.29, 1.82) is 0 Å². The Morgan fingerprint density at radius 2 is 2.07 bits per heavy atom. The molecule has 2 aliphatic heterocycles. The van der Waals surface area contributed by atoms with E-state index in [1.807, 2.05) is 11.8 Å². The van der Waals surface area contributed by atoms with Crippen molar-refractivity contribution in [2.45, 2.75) is 32.2 Å². The van der Waals surface area contributed by atoms with E-state index in [2.05, 4.69) is 32.0 Å². The van der Waals surface area contributed by atoms with Crippen molar-refractivity contribution in [2.75, 3.05) is 38.7 Å². The van der Waals surface area contributed by atoms with Crippen LogP contribution in [0.1, 0.15) is 36.5 Å². The molecule has 1 spiro atoms. The summed E-state index contributed by atoms with van der Waals surface area (Å²) >= 11 is 0. The van der Waals surface area contributed by atoms with Crippen molar-refractivity contribution in [3.05, 3.63) is 30.2 Å². The van der Waals surface area contributed by atoms with Gasteiger partial charge in [-0.25, -0.2) is 9.97 Å². The Bertz CT molecular complexity index is 752. The summed E-state index contributed by atoms with van der Waals surface area (Å²) in [7, 11) is 1.71. The van der Waals surface area contributed by atoms with E-state index >= 15 is 0 Å². The van der Waals surface area contributed by atoms with Crippen molar-refractivity contribution in [3.63, 3.8) is 0 Å². The molecule has 2 fully saturated rings. The number of carbonyl (C=O) groups excluding carboxylic acids is 1. The van der Waals surface area contributed by atoms with Gasteiger partial charge >= 0.3 is 0 Å². The largest absolute Gasteiger partial charge is 0.381 e. The van der Waals surface area contributed by atoms with Gasteiger partial charge in [-0.15, -0.1) is 0 Å². The average Bonchev–Trinajstić information content (AvgIpc) is 3.12. The van der Waals surface area contributed by atoms with E-state index in [-0.39, 0.29) is 17.4 Å². The molecule has 2 aliphatic rings. The Kier molecular flexibility index (Phi) is 6.51. The maximum atomic E-state index is 12.8. The third-order valence-electron chi connectivity index (χ3n) is 5.58. The fraction of sp³-hybridized carbons (Fsp3) is 0.550. The molecule has 8 heteroatoms. The van der Waals surface area contributed by atoms with Crippen LogP contribution in [0.25, 0.3) is 0 Å². The van der Waals surface area contributed by atoms with E-state index < -0.39 is 0 Å². The average molecular weight is 384 g/mol. The molecule has 1 N–H and O–H groups in total. The summed E-state index contributed by atoms with van der Waals surface area (Å²) < 4.78 is 5.48. The number of aromatic nitrogens is 2. The molecular formula is C20H28N6O2. The smallest absolute Gasteiger partial charge is 0.257 e. The molecule has 2 saturated heterocycles. The first-order valence-corrected chi connectivity index (χ1v) is 9.61. The predicted octanol–water partition coefficient (Wildman–Crippen LogP) is 2.20. The topological polar surface area (TPSA) is 92.1 Å². The van der Waals surface area contributed by atoms with Gasteiger partial charge in [0.25, 0.3) is 5.91 Å². The third-order valence-corrected chi connectivity index (χ3v) is 5.58. The quantitative estimate of drug-likeness (QED) is 0.759. The lowest BCUT2D eigenvalue weighted by Crippen LogP contribution is -2.35. The fourth-order valence-corrected chi connectivity index (χ4v) is 3.83. The lowest BCUT2D eigenvalue weighted by Gasteiger charge is -2.33. The van der Waals surface area contributed by atoms with E-state index in [4.69, 9.17) is 4.74 Å². The van der Waals surface area contributed by atoms with Crippen LogP contribution in [0.4, 0.5) is 5.95 Å². The first-order chi connectivity index (χ1) is 13.6. The molecule has 0 aromatic carbocycles. The molecule has 0 saturated carbocycles. The zero-order valence-corrected chi connectivity index (χ0v) is 16.6. The van der Waals surface area contributed by atoms with Crippen LogP contribution >= 0.6 is 0 Å². The van der Waals surface area contributed by atoms with Crippen LogP contribution in [0.2, 0.25) is 0 Å². The number of carbonyl (C=O) groups is 1. The minimum Gasteiger partial charge on any atom is -0.381 e. The van der Waals surface area contributed by atoms with E-state index in [1.54, 1.807) is 31.7 Å². The molecule has 3 heterocycles. The predicted molar refractivity (Wildman–Crippen MR) is 110 cm³/mol. The lowest BCUT2D eigenvalue weighted by atomic mass is 9.80. The Hall–Kier alpha value is -2.61. The zero-order chi connectivity index (χ0) is 20.0. The number of likely N-dealkylation sites (tertiary alicyclic amines) is 1. The first-order valence-electron chi connectivity index (χ1n) is 9.61. The van der Waals surface area contributed by atoms with Crippen molar-refractivity contribution < 1.29 is 9.53 Å². The SMILES string of the molecule is C=N/C=C\C(=NC)[C@@H](C)Nc1ncc(C(=O)N2CCC3(CCOCC3)C2)cn1. The van der Waals surface area contributed by atoms with Gasteiger partial charge in [-0.3, -0.25) is 14.8 Å². The molecule has 0 radical (unpaired) electrons. The summed E-state index contributed by atoms with van der Waals surface area (Å²) in [6.45, 7) is 8.55. The zero-order valence-electron chi connectivity index (χ0n) is 16.6. The van der Waals surface area contributed by atoms with Gasteiger partial charge in [-0.05, 0) is 44.4 Å². The monoisotopic (exact) mass is 384 g/mol. The number of amides is 1. The number of hydrogen-bond donors (Lipinski definition) is 1. The molecule has 28 heavy (non-hydrogen) atoms. The maximum absolute atomic E-state index is 12.8.